The van der Waals surface area contributed by atoms with E-state index >= 15 is 0 Å². The van der Waals surface area contributed by atoms with Crippen molar-refractivity contribution in [2.75, 3.05) is 18.9 Å². The minimum absolute atomic E-state index is 0.429. The van der Waals surface area contributed by atoms with Crippen LogP contribution >= 0.6 is 12.6 Å². The zero-order chi connectivity index (χ0) is 18.7. The number of hydrogen-bond donors (Lipinski definition) is 5. The molecular weight excluding hydrogens is 332 g/mol. The van der Waals surface area contributed by atoms with Crippen LogP contribution in [0.2, 0.25) is 0 Å². The molecule has 6 nitrogen and oxygen atoms in total. The zero-order valence-electron chi connectivity index (χ0n) is 15.5. The number of rotatable bonds is 7. The number of anilines is 1. The number of hydrazine groups is 1. The van der Waals surface area contributed by atoms with Crippen LogP contribution in [0.5, 0.6) is 0 Å². The highest BCUT2D eigenvalue weighted by atomic mass is 32.1. The molecule has 1 aliphatic carbocycles. The minimum atomic E-state index is 0.429. The Balaban J connectivity index is 0.00000151. The van der Waals surface area contributed by atoms with Crippen molar-refractivity contribution in [2.45, 2.75) is 62.8 Å². The van der Waals surface area contributed by atoms with Crippen molar-refractivity contribution in [3.63, 3.8) is 0 Å². The third-order valence-electron chi connectivity index (χ3n) is 4.22. The maximum Gasteiger partial charge on any atom is 0.154 e. The van der Waals surface area contributed by atoms with Crippen molar-refractivity contribution in [1.29, 1.82) is 0 Å². The Hall–Kier alpha value is -1.44. The number of amidine groups is 1. The molecule has 0 spiro atoms. The molecule has 1 aromatic rings. The summed E-state index contributed by atoms with van der Waals surface area (Å²) in [4.78, 5) is 0.865. The van der Waals surface area contributed by atoms with E-state index in [0.29, 0.717) is 18.4 Å². The van der Waals surface area contributed by atoms with Crippen LogP contribution in [0.3, 0.4) is 0 Å². The van der Waals surface area contributed by atoms with Crippen LogP contribution in [0.15, 0.2) is 28.2 Å². The number of benzene rings is 1. The number of nitrogens with one attached hydrogen (secondary N) is 1. The van der Waals surface area contributed by atoms with Gasteiger partial charge in [0.15, 0.2) is 5.84 Å². The predicted molar refractivity (Wildman–Crippen MR) is 111 cm³/mol. The van der Waals surface area contributed by atoms with Gasteiger partial charge in [-0.3, -0.25) is 0 Å². The Kier molecular flexibility index (Phi) is 10.4. The normalized spacial score (nSPS) is 15.3. The topological polar surface area (TPSA) is 106 Å². The molecule has 2 rings (SSSR count). The fourth-order valence-electron chi connectivity index (χ4n) is 2.90. The average molecular weight is 367 g/mol. The molecule has 142 valence electrons. The minimum Gasteiger partial charge on any atom is -0.382 e. The first-order valence-electron chi connectivity index (χ1n) is 9.14. The first kappa shape index (κ1) is 21.6. The van der Waals surface area contributed by atoms with Crippen molar-refractivity contribution in [3.05, 3.63) is 23.8 Å². The van der Waals surface area contributed by atoms with Gasteiger partial charge >= 0.3 is 0 Å². The second-order valence-corrected chi connectivity index (χ2v) is 6.73. The first-order chi connectivity index (χ1) is 12.1. The molecule has 0 amide bonds. The molecular formula is C18H34N6S. The number of hydrogen-bond acceptors (Lipinski definition) is 6. The molecule has 1 fully saturated rings. The highest BCUT2D eigenvalue weighted by molar-refractivity contribution is 7.80. The monoisotopic (exact) mass is 366 g/mol. The maximum absolute atomic E-state index is 6.20. The van der Waals surface area contributed by atoms with Gasteiger partial charge in [0.25, 0.3) is 0 Å². The summed E-state index contributed by atoms with van der Waals surface area (Å²) < 4.78 is 0. The first-order valence-corrected chi connectivity index (χ1v) is 9.59. The Morgan fingerprint density at radius 3 is 2.60 bits per heavy atom. The molecule has 7 N–H and O–H groups in total. The van der Waals surface area contributed by atoms with Crippen molar-refractivity contribution in [3.8, 4) is 0 Å². The van der Waals surface area contributed by atoms with E-state index in [1.807, 2.05) is 18.2 Å². The lowest BCUT2D eigenvalue weighted by Gasteiger charge is -2.25. The van der Waals surface area contributed by atoms with Gasteiger partial charge in [-0.25, -0.2) is 11.0 Å². The van der Waals surface area contributed by atoms with E-state index in [1.54, 1.807) is 0 Å². The summed E-state index contributed by atoms with van der Waals surface area (Å²) >= 11 is 4.43. The summed E-state index contributed by atoms with van der Waals surface area (Å²) in [6, 6.07) is 6.46. The third kappa shape index (κ3) is 7.54. The third-order valence-corrected chi connectivity index (χ3v) is 4.50. The average Bonchev–Trinajstić information content (AvgIpc) is 2.64. The van der Waals surface area contributed by atoms with Gasteiger partial charge < -0.3 is 16.8 Å². The molecule has 0 heterocycles. The number of unbranched alkanes of at least 4 members (excludes halogenated alkanes) is 1. The van der Waals surface area contributed by atoms with Gasteiger partial charge in [0.05, 0.1) is 6.54 Å². The molecule has 0 radical (unpaired) electrons. The van der Waals surface area contributed by atoms with Crippen LogP contribution in [-0.4, -0.2) is 30.6 Å². The van der Waals surface area contributed by atoms with E-state index < -0.39 is 0 Å². The molecule has 0 unspecified atom stereocenters. The van der Waals surface area contributed by atoms with E-state index in [0.717, 1.165) is 29.0 Å². The second kappa shape index (κ2) is 12.0. The molecule has 7 heteroatoms. The summed E-state index contributed by atoms with van der Waals surface area (Å²) in [6.45, 7) is 2.82. The summed E-state index contributed by atoms with van der Waals surface area (Å²) in [6.07, 6.45) is 8.39. The van der Waals surface area contributed by atoms with Crippen LogP contribution in [0.1, 0.15) is 57.4 Å². The van der Waals surface area contributed by atoms with Gasteiger partial charge in [0.1, 0.15) is 0 Å². The Labute approximate surface area is 157 Å². The Morgan fingerprint density at radius 2 is 1.96 bits per heavy atom. The molecule has 0 atom stereocenters. The molecule has 0 saturated heterocycles. The van der Waals surface area contributed by atoms with Crippen molar-refractivity contribution in [2.24, 2.45) is 22.4 Å². The van der Waals surface area contributed by atoms with Crippen molar-refractivity contribution < 1.29 is 0 Å². The SMILES string of the molecule is CCCCN(N)/N=C(\N)c1cc(S)ccc1NC1CCCCC1.CN. The van der Waals surface area contributed by atoms with E-state index in [-0.39, 0.29) is 0 Å². The van der Waals surface area contributed by atoms with Gasteiger partial charge in [-0.15, -0.1) is 17.7 Å². The largest absolute Gasteiger partial charge is 0.382 e. The number of nitrogens with two attached hydrogens (primary N) is 3. The molecule has 0 aromatic heterocycles. The molecule has 25 heavy (non-hydrogen) atoms. The van der Waals surface area contributed by atoms with Crippen LogP contribution in [0.25, 0.3) is 0 Å². The quantitative estimate of drug-likeness (QED) is 0.168. The summed E-state index contributed by atoms with van der Waals surface area (Å²) in [5, 5.41) is 9.36. The standard InChI is InChI=1S/C17H29N5S.CH5N/c1-2-3-11-22(19)21-17(18)15-12-14(23)9-10-16(15)20-13-7-5-4-6-8-13;1-2/h9-10,12-13,20,23H,2-8,11,19H2,1H3,(H2,18,21);2H2,1H3. The van der Waals surface area contributed by atoms with Gasteiger partial charge in [0.2, 0.25) is 0 Å². The lowest BCUT2D eigenvalue weighted by molar-refractivity contribution is 0.293. The van der Waals surface area contributed by atoms with Crippen molar-refractivity contribution in [1.82, 2.24) is 5.12 Å². The number of nitrogens with zero attached hydrogens (tertiary/aromatic N) is 2. The smallest absolute Gasteiger partial charge is 0.154 e. The van der Waals surface area contributed by atoms with Crippen LogP contribution in [0.4, 0.5) is 5.69 Å². The Morgan fingerprint density at radius 1 is 1.28 bits per heavy atom. The predicted octanol–water partition coefficient (Wildman–Crippen LogP) is 2.89. The maximum atomic E-state index is 6.20. The van der Waals surface area contributed by atoms with Gasteiger partial charge in [-0.05, 0) is 44.5 Å². The summed E-state index contributed by atoms with van der Waals surface area (Å²) in [7, 11) is 1.50. The van der Waals surface area contributed by atoms with Crippen LogP contribution < -0.4 is 22.6 Å². The second-order valence-electron chi connectivity index (χ2n) is 6.21. The Bertz CT molecular complexity index is 528. The van der Waals surface area contributed by atoms with Gasteiger partial charge in [-0.1, -0.05) is 32.6 Å². The van der Waals surface area contributed by atoms with Crippen LogP contribution in [0, 0.1) is 0 Å². The van der Waals surface area contributed by atoms with E-state index in [1.165, 1.54) is 44.3 Å². The number of hydrazone groups is 1. The fraction of sp³-hybridized carbons (Fsp3) is 0.611. The highest BCUT2D eigenvalue weighted by Gasteiger charge is 2.16. The molecule has 1 saturated carbocycles. The lowest BCUT2D eigenvalue weighted by Crippen LogP contribution is -2.31. The van der Waals surface area contributed by atoms with Crippen LogP contribution in [-0.2, 0) is 0 Å². The number of thiol groups is 1. The lowest BCUT2D eigenvalue weighted by atomic mass is 9.95. The summed E-state index contributed by atoms with van der Waals surface area (Å²) in [5.74, 6) is 6.33. The molecule has 0 aliphatic heterocycles. The van der Waals surface area contributed by atoms with E-state index in [2.05, 4.69) is 35.7 Å². The highest BCUT2D eigenvalue weighted by Crippen LogP contribution is 2.25. The molecule has 0 bridgehead atoms. The van der Waals surface area contributed by atoms with Crippen molar-refractivity contribution >= 4 is 24.2 Å². The van der Waals surface area contributed by atoms with E-state index in [4.69, 9.17) is 11.6 Å². The van der Waals surface area contributed by atoms with Gasteiger partial charge in [-0.2, -0.15) is 0 Å². The molecule has 1 aromatic carbocycles. The van der Waals surface area contributed by atoms with E-state index in [9.17, 15) is 0 Å². The fourth-order valence-corrected chi connectivity index (χ4v) is 3.10. The summed E-state index contributed by atoms with van der Waals surface area (Å²) in [5.41, 5.74) is 12.6. The zero-order valence-corrected chi connectivity index (χ0v) is 16.4. The van der Waals surface area contributed by atoms with Gasteiger partial charge in [0, 0.05) is 22.2 Å². The molecule has 1 aliphatic rings.